The third-order valence-corrected chi connectivity index (χ3v) is 11.5. The van der Waals surface area contributed by atoms with Crippen LogP contribution in [0.3, 0.4) is 0 Å². The molecule has 1 N–H and O–H groups in total. The molecule has 2 aliphatic carbocycles. The topological polar surface area (TPSA) is 113 Å². The molecule has 2 aliphatic heterocycles. The van der Waals surface area contributed by atoms with Gasteiger partial charge < -0.3 is 14.6 Å². The third kappa shape index (κ3) is 4.90. The molecule has 0 bridgehead atoms. The van der Waals surface area contributed by atoms with E-state index >= 15 is 4.79 Å². The zero-order valence-corrected chi connectivity index (χ0v) is 29.2. The number of aromatic hydroxyl groups is 1. The van der Waals surface area contributed by atoms with E-state index in [1.165, 1.54) is 24.0 Å². The summed E-state index contributed by atoms with van der Waals surface area (Å²) in [4.78, 5) is 61.0. The molecule has 52 heavy (non-hydrogen) atoms. The maximum Gasteiger partial charge on any atom is 0.246 e. The number of anilines is 2. The van der Waals surface area contributed by atoms with Crippen LogP contribution in [0.15, 0.2) is 115 Å². The zero-order valence-electron chi connectivity index (χ0n) is 28.4. The number of fused-ring (bicyclic) bond motifs is 4. The predicted molar refractivity (Wildman–Crippen MR) is 196 cm³/mol. The Morgan fingerprint density at radius 2 is 1.42 bits per heavy atom. The van der Waals surface area contributed by atoms with E-state index in [4.69, 9.17) is 21.1 Å². The second-order valence-corrected chi connectivity index (χ2v) is 14.1. The van der Waals surface area contributed by atoms with Crippen molar-refractivity contribution in [2.75, 3.05) is 24.0 Å². The number of carbonyl (C=O) groups is 4. The summed E-state index contributed by atoms with van der Waals surface area (Å²) in [5, 5.41) is 11.0. The van der Waals surface area contributed by atoms with E-state index in [-0.39, 0.29) is 41.4 Å². The number of ether oxygens (including phenoxy) is 2. The Kier molecular flexibility index (Phi) is 8.26. The number of hydrogen-bond acceptors (Lipinski definition) is 7. The fourth-order valence-corrected chi connectivity index (χ4v) is 9.22. The Bertz CT molecular complexity index is 2160. The van der Waals surface area contributed by atoms with Gasteiger partial charge in [-0.05, 0) is 72.4 Å². The number of phenols is 1. The monoisotopic (exact) mass is 714 g/mol. The molecule has 4 aromatic carbocycles. The summed E-state index contributed by atoms with van der Waals surface area (Å²) in [6.07, 6.45) is 6.25. The molecule has 8 rings (SSSR count). The van der Waals surface area contributed by atoms with E-state index in [1.54, 1.807) is 60.7 Å². The molecule has 0 aromatic heterocycles. The van der Waals surface area contributed by atoms with Gasteiger partial charge in [-0.3, -0.25) is 24.1 Å². The van der Waals surface area contributed by atoms with E-state index in [1.807, 2.05) is 54.6 Å². The smallest absolute Gasteiger partial charge is 0.246 e. The van der Waals surface area contributed by atoms with Crippen molar-refractivity contribution < 1.29 is 33.8 Å². The number of methoxy groups -OCH3 is 2. The van der Waals surface area contributed by atoms with Crippen LogP contribution < -0.4 is 19.3 Å². The second kappa shape index (κ2) is 12.8. The lowest BCUT2D eigenvalue weighted by atomic mass is 9.50. The van der Waals surface area contributed by atoms with Crippen LogP contribution in [0.25, 0.3) is 6.08 Å². The average Bonchev–Trinajstić information content (AvgIpc) is 3.56. The number of para-hydroxylation sites is 1. The lowest BCUT2D eigenvalue weighted by Crippen LogP contribution is -2.54. The van der Waals surface area contributed by atoms with Crippen LogP contribution in [0.1, 0.15) is 24.0 Å². The molecule has 2 saturated heterocycles. The van der Waals surface area contributed by atoms with Crippen LogP contribution >= 0.6 is 11.6 Å². The molecule has 262 valence electrons. The molecule has 2 heterocycles. The lowest BCUT2D eigenvalue weighted by Gasteiger charge is -2.49. The fraction of sp³-hybridized carbons (Fsp3) is 0.238. The highest BCUT2D eigenvalue weighted by atomic mass is 35.5. The number of hydrogen-bond donors (Lipinski definition) is 1. The van der Waals surface area contributed by atoms with Gasteiger partial charge in [0, 0.05) is 10.9 Å². The Labute approximate surface area is 305 Å². The molecule has 4 amide bonds. The van der Waals surface area contributed by atoms with Crippen LogP contribution in [0, 0.1) is 29.6 Å². The number of allylic oxidation sites excluding steroid dienone is 3. The highest BCUT2D eigenvalue weighted by Crippen LogP contribution is 2.62. The molecule has 4 aromatic rings. The van der Waals surface area contributed by atoms with Gasteiger partial charge in [0.2, 0.25) is 29.4 Å². The highest BCUT2D eigenvalue weighted by Gasteiger charge is 2.69. The van der Waals surface area contributed by atoms with Crippen molar-refractivity contribution in [3.05, 3.63) is 131 Å². The van der Waals surface area contributed by atoms with Crippen molar-refractivity contribution in [2.24, 2.45) is 29.6 Å². The van der Waals surface area contributed by atoms with Gasteiger partial charge in [-0.1, -0.05) is 90.0 Å². The van der Waals surface area contributed by atoms with Gasteiger partial charge >= 0.3 is 0 Å². The van der Waals surface area contributed by atoms with Gasteiger partial charge in [0.15, 0.2) is 11.5 Å². The van der Waals surface area contributed by atoms with E-state index in [9.17, 15) is 19.5 Å². The van der Waals surface area contributed by atoms with E-state index < -0.39 is 40.9 Å². The first-order chi connectivity index (χ1) is 25.2. The van der Waals surface area contributed by atoms with Gasteiger partial charge in [-0.15, -0.1) is 0 Å². The van der Waals surface area contributed by atoms with Crippen LogP contribution in [-0.4, -0.2) is 43.0 Å². The first kappa shape index (κ1) is 33.5. The van der Waals surface area contributed by atoms with Crippen LogP contribution in [0.4, 0.5) is 11.4 Å². The number of halogens is 1. The molecule has 6 unspecified atom stereocenters. The standard InChI is InChI=1S/C42H35ClN2O7/c1-51-34-20-24(21-35(52-2)37(34)46)16-19-32-29-17-18-30-36(40(49)44(38(30)47)27-13-7-4-8-14-27)31(29)23-33-39(48)45(28-15-9-12-26(43)22-28)41(50)42(32,33)25-10-5-3-6-11-25/h3-17,19-22,30-33,36,46H,18,23H2,1-2H3. The van der Waals surface area contributed by atoms with E-state index in [0.717, 1.165) is 5.57 Å². The number of amides is 4. The van der Waals surface area contributed by atoms with Gasteiger partial charge in [0.25, 0.3) is 0 Å². The minimum atomic E-state index is -1.40. The fourth-order valence-electron chi connectivity index (χ4n) is 9.04. The molecule has 10 heteroatoms. The van der Waals surface area contributed by atoms with Crippen LogP contribution in [0.5, 0.6) is 17.2 Å². The van der Waals surface area contributed by atoms with Crippen molar-refractivity contribution >= 4 is 52.7 Å². The van der Waals surface area contributed by atoms with Crippen molar-refractivity contribution in [2.45, 2.75) is 18.3 Å². The molecule has 4 aliphatic rings. The molecule has 0 radical (unpaired) electrons. The Morgan fingerprint density at radius 3 is 2.08 bits per heavy atom. The summed E-state index contributed by atoms with van der Waals surface area (Å²) in [5.41, 5.74) is 1.59. The summed E-state index contributed by atoms with van der Waals surface area (Å²) < 4.78 is 10.8. The van der Waals surface area contributed by atoms with Gasteiger partial charge in [-0.25, -0.2) is 4.90 Å². The number of nitrogens with zero attached hydrogens (tertiary/aromatic N) is 2. The first-order valence-corrected chi connectivity index (χ1v) is 17.5. The Morgan fingerprint density at radius 1 is 0.769 bits per heavy atom. The molecule has 1 saturated carbocycles. The van der Waals surface area contributed by atoms with Gasteiger partial charge in [0.1, 0.15) is 0 Å². The minimum absolute atomic E-state index is 0.150. The van der Waals surface area contributed by atoms with Gasteiger partial charge in [-0.2, -0.15) is 0 Å². The highest BCUT2D eigenvalue weighted by molar-refractivity contribution is 6.32. The summed E-state index contributed by atoms with van der Waals surface area (Å²) in [5.74, 6) is -4.50. The molecular weight excluding hydrogens is 680 g/mol. The lowest BCUT2D eigenvalue weighted by molar-refractivity contribution is -0.128. The number of phenolic OH excluding ortho intramolecular Hbond substituents is 1. The Balaban J connectivity index is 1.33. The van der Waals surface area contributed by atoms with Crippen LogP contribution in [-0.2, 0) is 24.6 Å². The average molecular weight is 715 g/mol. The second-order valence-electron chi connectivity index (χ2n) is 13.6. The Hall–Kier alpha value is -5.67. The summed E-state index contributed by atoms with van der Waals surface area (Å²) in [6.45, 7) is 0. The molecule has 3 fully saturated rings. The maximum absolute atomic E-state index is 15.3. The molecule has 6 atom stereocenters. The van der Waals surface area contributed by atoms with Crippen molar-refractivity contribution in [1.82, 2.24) is 0 Å². The summed E-state index contributed by atoms with van der Waals surface area (Å²) in [7, 11) is 2.88. The van der Waals surface area contributed by atoms with Crippen molar-refractivity contribution in [3.8, 4) is 17.2 Å². The molecule has 0 spiro atoms. The van der Waals surface area contributed by atoms with E-state index in [2.05, 4.69) is 0 Å². The third-order valence-electron chi connectivity index (χ3n) is 11.2. The predicted octanol–water partition coefficient (Wildman–Crippen LogP) is 6.98. The summed E-state index contributed by atoms with van der Waals surface area (Å²) in [6, 6.07) is 28.2. The van der Waals surface area contributed by atoms with Crippen molar-refractivity contribution in [1.29, 1.82) is 0 Å². The van der Waals surface area contributed by atoms with Gasteiger partial charge in [0.05, 0.1) is 48.8 Å². The SMILES string of the molecule is COc1cc(C=CC2C3=CCC4C(=O)N(c5ccccc5)C(=O)C4C3CC3C(=O)N(c4cccc(Cl)c4)C(=O)C23c2ccccc2)cc(OC)c1O. The van der Waals surface area contributed by atoms with Crippen LogP contribution in [0.2, 0.25) is 5.02 Å². The maximum atomic E-state index is 15.3. The number of rotatable bonds is 7. The number of imide groups is 2. The summed E-state index contributed by atoms with van der Waals surface area (Å²) >= 11 is 6.40. The normalized spacial score (nSPS) is 26.7. The zero-order chi connectivity index (χ0) is 36.3. The number of benzene rings is 4. The minimum Gasteiger partial charge on any atom is -0.502 e. The molecule has 9 nitrogen and oxygen atoms in total. The largest absolute Gasteiger partial charge is 0.502 e. The van der Waals surface area contributed by atoms with Crippen molar-refractivity contribution in [3.63, 3.8) is 0 Å². The quantitative estimate of drug-likeness (QED) is 0.162. The van der Waals surface area contributed by atoms with E-state index in [0.29, 0.717) is 33.9 Å². The first-order valence-electron chi connectivity index (χ1n) is 17.2. The molecular formula is C42H35ClN2O7. The number of carbonyl (C=O) groups excluding carboxylic acids is 4.